The minimum absolute atomic E-state index is 0.0572. The van der Waals surface area contributed by atoms with E-state index in [9.17, 15) is 22.8 Å². The summed E-state index contributed by atoms with van der Waals surface area (Å²) in [6, 6.07) is 10.1. The molecule has 148 valence electrons. The number of rotatable bonds is 4. The van der Waals surface area contributed by atoms with Crippen molar-refractivity contribution in [1.29, 1.82) is 0 Å². The molecule has 0 fully saturated rings. The molecule has 10 heteroatoms. The Hall–Kier alpha value is -3.27. The van der Waals surface area contributed by atoms with Gasteiger partial charge in [-0.05, 0) is 29.3 Å². The van der Waals surface area contributed by atoms with Gasteiger partial charge in [0.05, 0.1) is 18.4 Å². The summed E-state index contributed by atoms with van der Waals surface area (Å²) in [6.45, 7) is 0. The van der Waals surface area contributed by atoms with E-state index in [4.69, 9.17) is 0 Å². The summed E-state index contributed by atoms with van der Waals surface area (Å²) in [6.07, 6.45) is -4.07. The molecule has 4 rings (SSSR count). The summed E-state index contributed by atoms with van der Waals surface area (Å²) < 4.78 is 38.6. The van der Waals surface area contributed by atoms with Gasteiger partial charge in [-0.2, -0.15) is 13.2 Å². The average Bonchev–Trinajstić information content (AvgIpc) is 3.26. The molecule has 3 aromatic rings. The molecule has 0 bridgehead atoms. The van der Waals surface area contributed by atoms with Crippen LogP contribution in [0.4, 0.5) is 24.0 Å². The van der Waals surface area contributed by atoms with Gasteiger partial charge in [0.15, 0.2) is 0 Å². The van der Waals surface area contributed by atoms with E-state index in [-0.39, 0.29) is 33.9 Å². The molecule has 0 radical (unpaired) electrons. The molecular weight excluding hydrogens is 405 g/mol. The number of anilines is 2. The number of hydrogen-bond donors (Lipinski definition) is 2. The highest BCUT2D eigenvalue weighted by atomic mass is 32.1. The van der Waals surface area contributed by atoms with E-state index in [1.54, 1.807) is 18.2 Å². The maximum Gasteiger partial charge on any atom is 0.416 e. The van der Waals surface area contributed by atoms with Crippen molar-refractivity contribution in [3.05, 3.63) is 59.2 Å². The van der Waals surface area contributed by atoms with Gasteiger partial charge < -0.3 is 10.6 Å². The van der Waals surface area contributed by atoms with Crippen LogP contribution in [0.25, 0.3) is 10.6 Å². The molecule has 2 heterocycles. The van der Waals surface area contributed by atoms with Crippen LogP contribution >= 0.6 is 11.3 Å². The Labute approximate surface area is 166 Å². The molecule has 1 aliphatic rings. The number of carbonyl (C=O) groups excluding carboxylic acids is 2. The van der Waals surface area contributed by atoms with Crippen LogP contribution in [-0.2, 0) is 28.6 Å². The van der Waals surface area contributed by atoms with Gasteiger partial charge in [-0.15, -0.1) is 10.2 Å². The molecule has 0 aliphatic carbocycles. The summed E-state index contributed by atoms with van der Waals surface area (Å²) in [4.78, 5) is 23.7. The fourth-order valence-corrected chi connectivity index (χ4v) is 3.70. The molecule has 0 saturated carbocycles. The Balaban J connectivity index is 1.44. The Morgan fingerprint density at radius 1 is 1.17 bits per heavy atom. The van der Waals surface area contributed by atoms with Crippen molar-refractivity contribution in [1.82, 2.24) is 10.2 Å². The van der Waals surface area contributed by atoms with Crippen molar-refractivity contribution in [3.63, 3.8) is 0 Å². The first-order chi connectivity index (χ1) is 13.8. The summed E-state index contributed by atoms with van der Waals surface area (Å²) in [5, 5.41) is 13.5. The number of amides is 2. The van der Waals surface area contributed by atoms with Crippen molar-refractivity contribution in [2.24, 2.45) is 0 Å². The molecule has 1 aromatic heterocycles. The molecule has 2 N–H and O–H groups in total. The smallest absolute Gasteiger partial charge is 0.326 e. The maximum atomic E-state index is 12.9. The van der Waals surface area contributed by atoms with Crippen molar-refractivity contribution in [2.75, 3.05) is 10.6 Å². The van der Waals surface area contributed by atoms with Gasteiger partial charge >= 0.3 is 6.18 Å². The molecule has 29 heavy (non-hydrogen) atoms. The number of hydrogen-bond acceptors (Lipinski definition) is 5. The number of halogens is 3. The van der Waals surface area contributed by atoms with Gasteiger partial charge in [-0.25, -0.2) is 0 Å². The topological polar surface area (TPSA) is 84.0 Å². The zero-order chi connectivity index (χ0) is 20.6. The summed E-state index contributed by atoms with van der Waals surface area (Å²) >= 11 is 0.986. The van der Waals surface area contributed by atoms with Crippen molar-refractivity contribution in [3.8, 4) is 10.6 Å². The highest BCUT2D eigenvalue weighted by Crippen LogP contribution is 2.33. The minimum Gasteiger partial charge on any atom is -0.326 e. The van der Waals surface area contributed by atoms with E-state index in [1.165, 1.54) is 12.1 Å². The first-order valence-corrected chi connectivity index (χ1v) is 9.32. The monoisotopic (exact) mass is 418 g/mol. The van der Waals surface area contributed by atoms with Crippen LogP contribution < -0.4 is 10.6 Å². The third kappa shape index (κ3) is 4.27. The number of nitrogens with one attached hydrogen (secondary N) is 2. The fourth-order valence-electron chi connectivity index (χ4n) is 2.94. The summed E-state index contributed by atoms with van der Waals surface area (Å²) in [7, 11) is 0. The summed E-state index contributed by atoms with van der Waals surface area (Å²) in [5.41, 5.74) is 1.79. The number of aromatic nitrogens is 2. The van der Waals surface area contributed by atoms with Crippen molar-refractivity contribution in [2.45, 2.75) is 19.0 Å². The summed E-state index contributed by atoms with van der Waals surface area (Å²) in [5.74, 6) is -0.432. The predicted molar refractivity (Wildman–Crippen MR) is 101 cm³/mol. The predicted octanol–water partition coefficient (Wildman–Crippen LogP) is 3.90. The van der Waals surface area contributed by atoms with Crippen LogP contribution in [0.2, 0.25) is 0 Å². The average molecular weight is 418 g/mol. The number of benzene rings is 2. The molecule has 2 aromatic carbocycles. The van der Waals surface area contributed by atoms with Crippen LogP contribution in [-0.4, -0.2) is 22.0 Å². The molecule has 0 spiro atoms. The van der Waals surface area contributed by atoms with Crippen molar-refractivity contribution >= 4 is 34.0 Å². The Morgan fingerprint density at radius 3 is 2.79 bits per heavy atom. The number of carbonyl (C=O) groups is 2. The highest BCUT2D eigenvalue weighted by Gasteiger charge is 2.30. The Morgan fingerprint density at radius 2 is 2.00 bits per heavy atom. The quantitative estimate of drug-likeness (QED) is 0.673. The SMILES string of the molecule is O=C(Cc1ccc2c(c1)NC(=O)C2)Nc1nnc(-c2cccc(C(F)(F)F)c2)s1. The second-order valence-corrected chi connectivity index (χ2v) is 7.41. The van der Waals surface area contributed by atoms with Gasteiger partial charge in [0, 0.05) is 11.3 Å². The van der Waals surface area contributed by atoms with Gasteiger partial charge in [-0.3, -0.25) is 9.59 Å². The van der Waals surface area contributed by atoms with Gasteiger partial charge in [0.25, 0.3) is 0 Å². The van der Waals surface area contributed by atoms with Crippen LogP contribution in [0.5, 0.6) is 0 Å². The third-order valence-electron chi connectivity index (χ3n) is 4.27. The normalized spacial score (nSPS) is 13.1. The van der Waals surface area contributed by atoms with E-state index in [1.807, 2.05) is 0 Å². The zero-order valence-corrected chi connectivity index (χ0v) is 15.5. The standard InChI is InChI=1S/C19H13F3N4O2S/c20-19(21,22)13-3-1-2-12(8-13)17-25-26-18(29-17)24-15(27)7-10-4-5-11-9-16(28)23-14(11)6-10/h1-6,8H,7,9H2,(H,23,28)(H,24,26,27). The second-order valence-electron chi connectivity index (χ2n) is 6.43. The number of nitrogens with zero attached hydrogens (tertiary/aromatic N) is 2. The van der Waals surface area contributed by atoms with Crippen LogP contribution in [0.3, 0.4) is 0 Å². The maximum absolute atomic E-state index is 12.9. The molecular formula is C19H13F3N4O2S. The second kappa shape index (κ2) is 7.28. The molecule has 0 saturated heterocycles. The lowest BCUT2D eigenvalue weighted by Gasteiger charge is -2.06. The van der Waals surface area contributed by atoms with E-state index in [2.05, 4.69) is 20.8 Å². The Bertz CT molecular complexity index is 1110. The molecule has 2 amide bonds. The third-order valence-corrected chi connectivity index (χ3v) is 5.16. The first kappa shape index (κ1) is 19.1. The van der Waals surface area contributed by atoms with Crippen LogP contribution in [0.15, 0.2) is 42.5 Å². The van der Waals surface area contributed by atoms with Crippen LogP contribution in [0, 0.1) is 0 Å². The molecule has 1 aliphatic heterocycles. The van der Waals surface area contributed by atoms with Gasteiger partial charge in [0.1, 0.15) is 5.01 Å². The number of fused-ring (bicyclic) bond motifs is 1. The lowest BCUT2D eigenvalue weighted by atomic mass is 10.1. The van der Waals surface area contributed by atoms with Gasteiger partial charge in [-0.1, -0.05) is 35.6 Å². The largest absolute Gasteiger partial charge is 0.416 e. The minimum atomic E-state index is -4.45. The van der Waals surface area contributed by atoms with Crippen LogP contribution in [0.1, 0.15) is 16.7 Å². The highest BCUT2D eigenvalue weighted by molar-refractivity contribution is 7.18. The Kier molecular flexibility index (Phi) is 4.79. The first-order valence-electron chi connectivity index (χ1n) is 8.50. The zero-order valence-electron chi connectivity index (χ0n) is 14.7. The fraction of sp³-hybridized carbons (Fsp3) is 0.158. The lowest BCUT2D eigenvalue weighted by Crippen LogP contribution is -2.14. The van der Waals surface area contributed by atoms with Crippen molar-refractivity contribution < 1.29 is 22.8 Å². The molecule has 0 unspecified atom stereocenters. The lowest BCUT2D eigenvalue weighted by molar-refractivity contribution is -0.137. The van der Waals surface area contributed by atoms with E-state index in [0.29, 0.717) is 17.7 Å². The van der Waals surface area contributed by atoms with E-state index < -0.39 is 11.7 Å². The molecule has 0 atom stereocenters. The van der Waals surface area contributed by atoms with E-state index >= 15 is 0 Å². The molecule has 6 nitrogen and oxygen atoms in total. The number of alkyl halides is 3. The van der Waals surface area contributed by atoms with Gasteiger partial charge in [0.2, 0.25) is 16.9 Å². The van der Waals surface area contributed by atoms with E-state index in [0.717, 1.165) is 29.0 Å².